The van der Waals surface area contributed by atoms with Crippen molar-refractivity contribution in [1.82, 2.24) is 4.98 Å². The summed E-state index contributed by atoms with van der Waals surface area (Å²) in [5.41, 5.74) is 2.28. The number of amides is 1. The Morgan fingerprint density at radius 3 is 2.36 bits per heavy atom. The number of carbonyl (C=O) groups is 3. The van der Waals surface area contributed by atoms with Gasteiger partial charge in [-0.1, -0.05) is 48.9 Å². The minimum Gasteiger partial charge on any atom is -0.481 e. The molecule has 0 aliphatic heterocycles. The van der Waals surface area contributed by atoms with E-state index < -0.39 is 23.6 Å². The summed E-state index contributed by atoms with van der Waals surface area (Å²) < 4.78 is 14.6. The Kier molecular flexibility index (Phi) is 6.58. The highest BCUT2D eigenvalue weighted by molar-refractivity contribution is 5.99. The maximum absolute atomic E-state index is 14.6. The van der Waals surface area contributed by atoms with E-state index in [4.69, 9.17) is 0 Å². The Bertz CT molecular complexity index is 1180. The van der Waals surface area contributed by atoms with Gasteiger partial charge in [0.05, 0.1) is 18.0 Å². The van der Waals surface area contributed by atoms with Crippen LogP contribution in [0, 0.1) is 17.7 Å². The van der Waals surface area contributed by atoms with Crippen LogP contribution in [-0.4, -0.2) is 27.8 Å². The molecule has 33 heavy (non-hydrogen) atoms. The molecule has 168 valence electrons. The molecular formula is C26H23FN2O4. The Labute approximate surface area is 190 Å². The number of carboxylic acids is 1. The van der Waals surface area contributed by atoms with E-state index in [0.717, 1.165) is 5.56 Å². The first-order chi connectivity index (χ1) is 15.9. The molecule has 7 heteroatoms. The minimum absolute atomic E-state index is 0.0837. The summed E-state index contributed by atoms with van der Waals surface area (Å²) in [5, 5.41) is 11.9. The van der Waals surface area contributed by atoms with Gasteiger partial charge in [0.1, 0.15) is 11.5 Å². The average Bonchev–Trinajstić information content (AvgIpc) is 3.31. The van der Waals surface area contributed by atoms with Crippen molar-refractivity contribution in [3.05, 3.63) is 83.9 Å². The molecule has 1 aliphatic carbocycles. The number of nitrogens with zero attached hydrogens (tertiary/aromatic N) is 1. The summed E-state index contributed by atoms with van der Waals surface area (Å²) in [5.74, 6) is -3.34. The van der Waals surface area contributed by atoms with E-state index in [1.54, 1.807) is 18.2 Å². The van der Waals surface area contributed by atoms with Crippen molar-refractivity contribution >= 4 is 23.3 Å². The first-order valence-corrected chi connectivity index (χ1v) is 10.8. The van der Waals surface area contributed by atoms with Gasteiger partial charge < -0.3 is 10.4 Å². The summed E-state index contributed by atoms with van der Waals surface area (Å²) >= 11 is 0. The number of halogens is 1. The summed E-state index contributed by atoms with van der Waals surface area (Å²) in [7, 11) is 0. The predicted octanol–water partition coefficient (Wildman–Crippen LogP) is 4.75. The van der Waals surface area contributed by atoms with E-state index in [1.165, 1.54) is 18.3 Å². The molecule has 1 aromatic heterocycles. The summed E-state index contributed by atoms with van der Waals surface area (Å²) in [6.07, 6.45) is 3.36. The van der Waals surface area contributed by atoms with Gasteiger partial charge >= 0.3 is 5.97 Å². The van der Waals surface area contributed by atoms with Gasteiger partial charge in [0.15, 0.2) is 5.78 Å². The number of rotatable bonds is 7. The molecule has 0 saturated heterocycles. The SMILES string of the molecule is O=C(Cc1ccccc1)Nc1ccc(-c2ccc(C(=O)C3CCCC3C(=O)O)nc2)cc1F. The number of aliphatic carboxylic acids is 1. The van der Waals surface area contributed by atoms with Gasteiger partial charge in [0.2, 0.25) is 5.91 Å². The van der Waals surface area contributed by atoms with Crippen LogP contribution < -0.4 is 5.32 Å². The van der Waals surface area contributed by atoms with Crippen LogP contribution in [0.25, 0.3) is 11.1 Å². The number of carbonyl (C=O) groups excluding carboxylic acids is 2. The quantitative estimate of drug-likeness (QED) is 0.511. The average molecular weight is 446 g/mol. The molecule has 6 nitrogen and oxygen atoms in total. The number of nitrogens with one attached hydrogen (secondary N) is 1. The largest absolute Gasteiger partial charge is 0.481 e. The molecular weight excluding hydrogens is 423 g/mol. The second kappa shape index (κ2) is 9.73. The Morgan fingerprint density at radius 1 is 0.970 bits per heavy atom. The molecule has 2 atom stereocenters. The highest BCUT2D eigenvalue weighted by Gasteiger charge is 2.38. The fraction of sp³-hybridized carbons (Fsp3) is 0.231. The molecule has 1 amide bonds. The van der Waals surface area contributed by atoms with E-state index in [-0.39, 0.29) is 29.5 Å². The van der Waals surface area contributed by atoms with Gasteiger partial charge in [-0.2, -0.15) is 0 Å². The third kappa shape index (κ3) is 5.14. The molecule has 2 aromatic carbocycles. The molecule has 2 N–H and O–H groups in total. The highest BCUT2D eigenvalue weighted by Crippen LogP contribution is 2.34. The molecule has 0 spiro atoms. The molecule has 1 aliphatic rings. The van der Waals surface area contributed by atoms with E-state index in [1.807, 2.05) is 30.3 Å². The monoisotopic (exact) mass is 446 g/mol. The summed E-state index contributed by atoms with van der Waals surface area (Å²) in [6.45, 7) is 0. The van der Waals surface area contributed by atoms with E-state index >= 15 is 0 Å². The Morgan fingerprint density at radius 2 is 1.70 bits per heavy atom. The van der Waals surface area contributed by atoms with Crippen LogP contribution in [0.3, 0.4) is 0 Å². The number of hydrogen-bond acceptors (Lipinski definition) is 4. The molecule has 2 unspecified atom stereocenters. The zero-order valence-electron chi connectivity index (χ0n) is 17.8. The van der Waals surface area contributed by atoms with Crippen molar-refractivity contribution in [3.63, 3.8) is 0 Å². The number of aromatic nitrogens is 1. The van der Waals surface area contributed by atoms with Gasteiger partial charge in [0, 0.05) is 17.7 Å². The van der Waals surface area contributed by atoms with E-state index in [0.29, 0.717) is 30.4 Å². The molecule has 3 aromatic rings. The molecule has 4 rings (SSSR count). The number of anilines is 1. The fourth-order valence-corrected chi connectivity index (χ4v) is 4.24. The highest BCUT2D eigenvalue weighted by atomic mass is 19.1. The lowest BCUT2D eigenvalue weighted by atomic mass is 9.90. The second-order valence-corrected chi connectivity index (χ2v) is 8.18. The smallest absolute Gasteiger partial charge is 0.307 e. The lowest BCUT2D eigenvalue weighted by Crippen LogP contribution is -2.25. The lowest BCUT2D eigenvalue weighted by molar-refractivity contribution is -0.142. The maximum atomic E-state index is 14.6. The number of Topliss-reactive ketones (excluding diaryl/α,β-unsaturated/α-hetero) is 1. The number of hydrogen-bond donors (Lipinski definition) is 2. The third-order valence-electron chi connectivity index (χ3n) is 5.97. The van der Waals surface area contributed by atoms with Gasteiger partial charge in [-0.3, -0.25) is 19.4 Å². The number of carboxylic acid groups (broad SMARTS) is 1. The zero-order chi connectivity index (χ0) is 23.4. The van der Waals surface area contributed by atoms with Gasteiger partial charge in [0.25, 0.3) is 0 Å². The molecule has 1 saturated carbocycles. The zero-order valence-corrected chi connectivity index (χ0v) is 17.8. The molecule has 1 fully saturated rings. The van der Waals surface area contributed by atoms with Crippen LogP contribution in [0.2, 0.25) is 0 Å². The van der Waals surface area contributed by atoms with Gasteiger partial charge in [-0.25, -0.2) is 4.39 Å². The van der Waals surface area contributed by atoms with Crippen molar-refractivity contribution in [2.75, 3.05) is 5.32 Å². The normalized spacial score (nSPS) is 17.5. The Hall–Kier alpha value is -3.87. The van der Waals surface area contributed by atoms with Gasteiger partial charge in [-0.15, -0.1) is 0 Å². The molecule has 0 radical (unpaired) electrons. The third-order valence-corrected chi connectivity index (χ3v) is 5.97. The standard InChI is InChI=1S/C26H23FN2O4/c27-21-14-17(9-11-22(21)29-24(30)13-16-5-2-1-3-6-16)18-10-12-23(28-15-18)25(31)19-7-4-8-20(19)26(32)33/h1-3,5-6,9-12,14-15,19-20H,4,7-8,13H2,(H,29,30)(H,32,33). The first-order valence-electron chi connectivity index (χ1n) is 10.8. The van der Waals surface area contributed by atoms with E-state index in [2.05, 4.69) is 10.3 Å². The van der Waals surface area contributed by atoms with Crippen LogP contribution in [0.1, 0.15) is 35.3 Å². The maximum Gasteiger partial charge on any atom is 0.307 e. The van der Waals surface area contributed by atoms with Crippen molar-refractivity contribution in [2.24, 2.45) is 11.8 Å². The van der Waals surface area contributed by atoms with Crippen molar-refractivity contribution in [1.29, 1.82) is 0 Å². The van der Waals surface area contributed by atoms with Gasteiger partial charge in [-0.05, 0) is 42.2 Å². The number of ketones is 1. The first kappa shape index (κ1) is 22.3. The predicted molar refractivity (Wildman–Crippen MR) is 121 cm³/mol. The summed E-state index contributed by atoms with van der Waals surface area (Å²) in [6, 6.07) is 16.8. The van der Waals surface area contributed by atoms with Crippen LogP contribution >= 0.6 is 0 Å². The lowest BCUT2D eigenvalue weighted by Gasteiger charge is -2.14. The fourth-order valence-electron chi connectivity index (χ4n) is 4.24. The molecule has 1 heterocycles. The van der Waals surface area contributed by atoms with Crippen molar-refractivity contribution in [2.45, 2.75) is 25.7 Å². The van der Waals surface area contributed by atoms with Crippen molar-refractivity contribution in [3.8, 4) is 11.1 Å². The minimum atomic E-state index is -0.950. The summed E-state index contributed by atoms with van der Waals surface area (Å²) in [4.78, 5) is 40.5. The molecule has 0 bridgehead atoms. The second-order valence-electron chi connectivity index (χ2n) is 8.18. The van der Waals surface area contributed by atoms with Crippen LogP contribution in [0.5, 0.6) is 0 Å². The van der Waals surface area contributed by atoms with Crippen molar-refractivity contribution < 1.29 is 23.9 Å². The van der Waals surface area contributed by atoms with E-state index in [9.17, 15) is 23.9 Å². The van der Waals surface area contributed by atoms with Crippen LogP contribution in [0.15, 0.2) is 66.9 Å². The Balaban J connectivity index is 1.44. The number of pyridine rings is 1. The van der Waals surface area contributed by atoms with Crippen LogP contribution in [0.4, 0.5) is 10.1 Å². The topological polar surface area (TPSA) is 96.4 Å². The van der Waals surface area contributed by atoms with Crippen LogP contribution in [-0.2, 0) is 16.0 Å². The number of benzene rings is 2.